The smallest absolute Gasteiger partial charge is 0.410 e. The number of hydrogen-bond donors (Lipinski definition) is 14. The Hall–Kier alpha value is -9.02. The first-order valence-electron chi connectivity index (χ1n) is 37.2. The van der Waals surface area contributed by atoms with E-state index in [1.54, 1.807) is 30.5 Å². The van der Waals surface area contributed by atoms with Crippen LogP contribution in [0, 0.1) is 23.2 Å². The Morgan fingerprint density at radius 1 is 0.804 bits per heavy atom. The minimum atomic E-state index is -3.35. The zero-order chi connectivity index (χ0) is 79.9. The Morgan fingerprint density at radius 3 is 2.27 bits per heavy atom. The summed E-state index contributed by atoms with van der Waals surface area (Å²) in [4.78, 5) is 105. The molecule has 4 aliphatic carbocycles. The van der Waals surface area contributed by atoms with E-state index in [1.807, 2.05) is 52.9 Å². The number of carbonyl (C=O) groups is 7. The average molecular weight is 1580 g/mol. The van der Waals surface area contributed by atoms with E-state index in [1.165, 1.54) is 28.4 Å². The topological polar surface area (TPSA) is 495 Å². The molecule has 5 amide bonds. The second-order valence-corrected chi connectivity index (χ2v) is 32.3. The van der Waals surface area contributed by atoms with Gasteiger partial charge in [0.2, 0.25) is 5.91 Å². The van der Waals surface area contributed by atoms with Crippen LogP contribution in [0.3, 0.4) is 0 Å². The van der Waals surface area contributed by atoms with Crippen molar-refractivity contribution in [3.63, 3.8) is 0 Å². The standard InChI is InChI=1S/C77H93N9O25S/c1-41-47(45-16-17-55(81-59(45)68(101)102)84-23-20-43-10-8-11-46(48(43)29-84)67(100)82-71-80-49-12-4-5-13-54(49)112-71)28-79-86(41)40-75-35-73(2)34-74(3,36-75)38-76(37-73,39-75)107-26-25-83(24-21-50(89)51(90)31-87)72(105)106-33-44-15-14-42(9-6-7-22-78-56(91)30-85-57(92)18-19-58(85)93)27-52(44)109-77(66(99)63(97)62(96)65(110-77)69(103)104)111-70-64(98)61(95)60(94)53(32-88)108-70/h4-5,8,10-19,27-28,50-51,53,60-66,70,87-90,94-99H,6-7,9,20-26,29-40H2,1-3H3,(H,78,91)(H,101,102)(H,103,104)(H,80,82,100)/t50-,51+,53+,60+,61-,62-,63-,64+,65-,66+,70-,73?,74?,75?,76?,77?/m0/s1. The van der Waals surface area contributed by atoms with Gasteiger partial charge in [0.05, 0.1) is 47.9 Å². The third kappa shape index (κ3) is 17.0. The predicted octanol–water partition coefficient (Wildman–Crippen LogP) is 2.03. The summed E-state index contributed by atoms with van der Waals surface area (Å²) in [5, 5.41) is 140. The fourth-order valence-corrected chi connectivity index (χ4v) is 19.0. The molecule has 2 saturated heterocycles. The molecule has 602 valence electrons. The Balaban J connectivity index is 0.718. The van der Waals surface area contributed by atoms with Crippen LogP contribution in [-0.2, 0) is 75.4 Å². The summed E-state index contributed by atoms with van der Waals surface area (Å²) >= 11 is 1.38. The molecule has 4 aliphatic heterocycles. The molecule has 4 saturated carbocycles. The highest BCUT2D eigenvalue weighted by molar-refractivity contribution is 7.22. The molecular weight excluding hydrogens is 1480 g/mol. The van der Waals surface area contributed by atoms with Crippen molar-refractivity contribution in [1.82, 2.24) is 34.9 Å². The number of anilines is 2. The summed E-state index contributed by atoms with van der Waals surface area (Å²) < 4.78 is 39.4. The Labute approximate surface area is 645 Å². The minimum Gasteiger partial charge on any atom is -0.479 e. The average Bonchev–Trinajstić information content (AvgIpc) is 0.801. The number of rotatable bonds is 31. The molecule has 6 fully saturated rings. The number of carboxylic acids is 2. The van der Waals surface area contributed by atoms with Crippen LogP contribution in [0.1, 0.15) is 120 Å². The number of thiazole rings is 1. The first-order valence-corrected chi connectivity index (χ1v) is 38.0. The number of nitrogens with zero attached hydrogens (tertiary/aromatic N) is 7. The van der Waals surface area contributed by atoms with Gasteiger partial charge in [-0.15, -0.1) is 0 Å². The number of nitrogens with one attached hydrogen (secondary N) is 2. The van der Waals surface area contributed by atoms with Gasteiger partial charge in [-0.05, 0) is 147 Å². The van der Waals surface area contributed by atoms with E-state index >= 15 is 0 Å². The monoisotopic (exact) mass is 1580 g/mol. The van der Waals surface area contributed by atoms with Crippen molar-refractivity contribution in [3.05, 3.63) is 130 Å². The fourth-order valence-electron chi connectivity index (χ4n) is 18.1. The summed E-state index contributed by atoms with van der Waals surface area (Å²) in [7, 11) is 0. The highest BCUT2D eigenvalue weighted by atomic mass is 32.1. The zero-order valence-electron chi connectivity index (χ0n) is 61.8. The molecule has 112 heavy (non-hydrogen) atoms. The Morgan fingerprint density at radius 2 is 1.55 bits per heavy atom. The van der Waals surface area contributed by atoms with Gasteiger partial charge in [0.1, 0.15) is 67.4 Å². The number of aromatic carboxylic acids is 1. The molecule has 4 bridgehead atoms. The van der Waals surface area contributed by atoms with Gasteiger partial charge in [0.25, 0.3) is 17.7 Å². The number of carbonyl (C=O) groups excluding carboxylic acids is 5. The number of aryl methyl sites for hydroxylation is 1. The van der Waals surface area contributed by atoms with Gasteiger partial charge >= 0.3 is 24.0 Å². The van der Waals surface area contributed by atoms with Gasteiger partial charge in [-0.2, -0.15) is 5.10 Å². The lowest BCUT2D eigenvalue weighted by atomic mass is 9.39. The number of ether oxygens (including phenoxy) is 6. The lowest BCUT2D eigenvalue weighted by Crippen LogP contribution is -2.71. The zero-order valence-corrected chi connectivity index (χ0v) is 62.6. The van der Waals surface area contributed by atoms with Gasteiger partial charge < -0.3 is 95.3 Å². The van der Waals surface area contributed by atoms with E-state index in [9.17, 15) is 94.8 Å². The lowest BCUT2D eigenvalue weighted by molar-refractivity contribution is -0.474. The molecule has 6 aromatic rings. The molecule has 14 atom stereocenters. The van der Waals surface area contributed by atoms with Crippen molar-refractivity contribution in [2.45, 2.75) is 190 Å². The number of aliphatic hydroxyl groups excluding tert-OH is 10. The molecule has 3 aromatic carbocycles. The summed E-state index contributed by atoms with van der Waals surface area (Å²) in [6, 6.07) is 21.1. The number of para-hydroxylation sites is 1. The number of aliphatic hydroxyl groups is 10. The first kappa shape index (κ1) is 81.0. The number of unbranched alkanes of at least 4 members (excludes halogenated alkanes) is 1. The third-order valence-electron chi connectivity index (χ3n) is 22.5. The molecule has 3 unspecified atom stereocenters. The number of imide groups is 1. The number of amides is 5. The van der Waals surface area contributed by atoms with Gasteiger partial charge in [0.15, 0.2) is 29.3 Å². The highest BCUT2D eigenvalue weighted by Crippen LogP contribution is 2.72. The fraction of sp³-hybridized carbons (Fsp3) is 0.532. The highest BCUT2D eigenvalue weighted by Gasteiger charge is 2.67. The number of aromatic nitrogens is 4. The van der Waals surface area contributed by atoms with Crippen LogP contribution in [0.2, 0.25) is 0 Å². The van der Waals surface area contributed by atoms with Crippen molar-refractivity contribution in [2.75, 3.05) is 62.8 Å². The molecule has 7 heterocycles. The largest absolute Gasteiger partial charge is 0.479 e. The molecule has 35 heteroatoms. The van der Waals surface area contributed by atoms with Crippen LogP contribution in [0.5, 0.6) is 5.75 Å². The second kappa shape index (κ2) is 32.8. The van der Waals surface area contributed by atoms with Crippen LogP contribution < -0.4 is 20.3 Å². The van der Waals surface area contributed by atoms with Crippen molar-refractivity contribution in [1.29, 1.82) is 0 Å². The summed E-state index contributed by atoms with van der Waals surface area (Å²) in [6.45, 7) is 4.27. The van der Waals surface area contributed by atoms with Crippen molar-refractivity contribution >= 4 is 74.2 Å². The Kier molecular flexibility index (Phi) is 23.7. The van der Waals surface area contributed by atoms with E-state index < -0.39 is 147 Å². The normalized spacial score (nSPS) is 29.1. The van der Waals surface area contributed by atoms with Crippen LogP contribution in [0.4, 0.5) is 15.7 Å². The van der Waals surface area contributed by atoms with Gasteiger partial charge in [-0.3, -0.25) is 43.6 Å². The number of carboxylic acid groups (broad SMARTS) is 2. The minimum absolute atomic E-state index is 0.0681. The van der Waals surface area contributed by atoms with E-state index in [2.05, 4.69) is 29.5 Å². The van der Waals surface area contributed by atoms with E-state index in [-0.39, 0.29) is 72.5 Å². The van der Waals surface area contributed by atoms with E-state index in [4.69, 9.17) is 38.5 Å². The number of hydrogen-bond acceptors (Lipinski definition) is 28. The molecule has 3 aromatic heterocycles. The van der Waals surface area contributed by atoms with Crippen LogP contribution >= 0.6 is 11.3 Å². The second-order valence-electron chi connectivity index (χ2n) is 31.3. The molecular formula is C77H93N9O25S. The van der Waals surface area contributed by atoms with Gasteiger partial charge in [-0.25, -0.2) is 24.4 Å². The first-order chi connectivity index (χ1) is 53.3. The molecule has 8 aliphatic rings. The summed E-state index contributed by atoms with van der Waals surface area (Å²) in [6.07, 6.45) is -14.8. The van der Waals surface area contributed by atoms with Crippen molar-refractivity contribution in [3.8, 4) is 16.9 Å². The maximum Gasteiger partial charge on any atom is 0.410 e. The van der Waals surface area contributed by atoms with Crippen LogP contribution in [0.15, 0.2) is 91.1 Å². The Bertz CT molecular complexity index is 4500. The van der Waals surface area contributed by atoms with Crippen LogP contribution in [0.25, 0.3) is 21.3 Å². The SMILES string of the molecule is Cc1c(-c2ccc(N3CCc4cccc(C(=O)Nc5nc6ccccc6s5)c4C3)nc2C(=O)O)cnn1CC12CC3(C)CC(C)(C1)CC(OCCN(CC[C@H](O)[C@H](O)CO)C(=O)OCc1ccc(CCCCNC(=O)CN4C(=O)C=CC4=O)cc1OC1(O[C@@H]4O[C@H](CO)[C@@H](O)[C@H](O)[C@H]4O)O[C@H](C(=O)O)[C@@H](O)[C@H](O)[C@H]1O)(C3)C2. The van der Waals surface area contributed by atoms with E-state index in [0.717, 1.165) is 63.4 Å². The van der Waals surface area contributed by atoms with E-state index in [0.29, 0.717) is 91.4 Å². The quantitative estimate of drug-likeness (QED) is 0.0168. The number of aliphatic carboxylic acids is 1. The third-order valence-corrected chi connectivity index (χ3v) is 23.4. The molecule has 0 radical (unpaired) electrons. The van der Waals surface area contributed by atoms with Gasteiger partial charge in [0, 0.05) is 79.4 Å². The number of pyridine rings is 1. The molecule has 14 N–H and O–H groups in total. The maximum absolute atomic E-state index is 14.7. The molecule has 0 spiro atoms. The van der Waals surface area contributed by atoms with Crippen LogP contribution in [-0.4, -0.2) is 264 Å². The maximum atomic E-state index is 14.7. The number of fused-ring (bicyclic) bond motifs is 2. The molecule has 34 nitrogen and oxygen atoms in total. The van der Waals surface area contributed by atoms with Crippen molar-refractivity contribution in [2.24, 2.45) is 16.2 Å². The summed E-state index contributed by atoms with van der Waals surface area (Å²) in [5.74, 6) is -8.69. The van der Waals surface area contributed by atoms with Gasteiger partial charge in [-0.1, -0.05) is 61.6 Å². The molecule has 14 rings (SSSR count). The number of benzene rings is 3. The van der Waals surface area contributed by atoms with Crippen molar-refractivity contribution < 1.29 is 123 Å². The lowest BCUT2D eigenvalue weighted by Gasteiger charge is -2.69. The summed E-state index contributed by atoms with van der Waals surface area (Å²) in [5.41, 5.74) is 3.41. The predicted molar refractivity (Wildman–Crippen MR) is 393 cm³/mol.